The molecule has 15 nitrogen and oxygen atoms in total. The number of fused-ring (bicyclic) bond motifs is 2. The third-order valence-electron chi connectivity index (χ3n) is 15.0. The molecule has 1 aliphatic carbocycles. The highest BCUT2D eigenvalue weighted by atomic mass is 16.7. The maximum Gasteiger partial charge on any atom is 0.316 e. The first kappa shape index (κ1) is 48.8. The summed E-state index contributed by atoms with van der Waals surface area (Å²) in [5.74, 6) is -3.19. The first-order valence-corrected chi connectivity index (χ1v) is 23.3. The molecule has 5 saturated heterocycles. The predicted octanol–water partition coefficient (Wildman–Crippen LogP) is 4.57. The van der Waals surface area contributed by atoms with Crippen molar-refractivity contribution in [3.8, 4) is 0 Å². The van der Waals surface area contributed by atoms with Gasteiger partial charge in [-0.25, -0.2) is 0 Å². The van der Waals surface area contributed by atoms with Gasteiger partial charge in [-0.15, -0.1) is 0 Å². The molecule has 0 aromatic carbocycles. The van der Waals surface area contributed by atoms with Gasteiger partial charge in [-0.1, -0.05) is 64.5 Å². The summed E-state index contributed by atoms with van der Waals surface area (Å²) in [5.41, 5.74) is 0.0234. The van der Waals surface area contributed by atoms with Gasteiger partial charge in [0.05, 0.1) is 55.4 Å². The van der Waals surface area contributed by atoms with Crippen molar-refractivity contribution in [1.82, 2.24) is 0 Å². The van der Waals surface area contributed by atoms with Gasteiger partial charge in [-0.05, 0) is 56.8 Å². The Labute approximate surface area is 373 Å². The smallest absolute Gasteiger partial charge is 0.316 e. The van der Waals surface area contributed by atoms with E-state index in [-0.39, 0.29) is 43.3 Å². The summed E-state index contributed by atoms with van der Waals surface area (Å²) in [6.07, 6.45) is 3.00. The number of carbonyl (C=O) groups excluding carboxylic acids is 1. The maximum absolute atomic E-state index is 14.4. The fourth-order valence-electron chi connectivity index (χ4n) is 11.0. The van der Waals surface area contributed by atoms with Crippen molar-refractivity contribution in [1.29, 1.82) is 0 Å². The molecule has 0 aromatic heterocycles. The van der Waals surface area contributed by atoms with Crippen molar-refractivity contribution < 1.29 is 72.6 Å². The molecule has 0 unspecified atom stereocenters. The zero-order chi connectivity index (χ0) is 45.5. The maximum atomic E-state index is 14.4. The summed E-state index contributed by atoms with van der Waals surface area (Å²) in [4.78, 5) is 14.4. The normalized spacial score (nSPS) is 50.0. The Balaban J connectivity index is 1.19. The van der Waals surface area contributed by atoms with Crippen LogP contribution in [0, 0.1) is 23.7 Å². The summed E-state index contributed by atoms with van der Waals surface area (Å²) in [5, 5.41) is 45.7. The van der Waals surface area contributed by atoms with Gasteiger partial charge in [0, 0.05) is 58.2 Å². The second-order valence-corrected chi connectivity index (χ2v) is 19.5. The zero-order valence-corrected chi connectivity index (χ0v) is 38.8. The molecule has 5 fully saturated rings. The number of hydrogen-bond donors (Lipinski definition) is 4. The summed E-state index contributed by atoms with van der Waals surface area (Å²) in [6.45, 7) is 15.7. The highest BCUT2D eigenvalue weighted by molar-refractivity contribution is 5.78. The topological polar surface area (TPSA) is 190 Å². The third-order valence-corrected chi connectivity index (χ3v) is 15.0. The van der Waals surface area contributed by atoms with Gasteiger partial charge in [0.2, 0.25) is 0 Å². The molecule has 15 heteroatoms. The summed E-state index contributed by atoms with van der Waals surface area (Å²) in [6, 6.07) is 0. The van der Waals surface area contributed by atoms with Crippen LogP contribution in [-0.4, -0.2) is 151 Å². The molecule has 21 atom stereocenters. The molecule has 4 N–H and O–H groups in total. The molecule has 356 valence electrons. The van der Waals surface area contributed by atoms with Crippen molar-refractivity contribution in [2.75, 3.05) is 20.8 Å². The number of ether oxygens (including phenoxy) is 10. The van der Waals surface area contributed by atoms with Crippen LogP contribution in [-0.2, 0) is 52.2 Å². The van der Waals surface area contributed by atoms with E-state index >= 15 is 0 Å². The first-order chi connectivity index (χ1) is 29.9. The first-order valence-electron chi connectivity index (χ1n) is 23.3. The molecule has 0 amide bonds. The van der Waals surface area contributed by atoms with Crippen LogP contribution >= 0.6 is 0 Å². The van der Waals surface area contributed by atoms with Crippen LogP contribution in [0.5, 0.6) is 0 Å². The Morgan fingerprint density at radius 3 is 2.30 bits per heavy atom. The highest BCUT2D eigenvalue weighted by Crippen LogP contribution is 2.48. The van der Waals surface area contributed by atoms with Crippen LogP contribution in [0.15, 0.2) is 47.1 Å². The molecular weight excluding hydrogens is 817 g/mol. The minimum Gasteiger partial charge on any atom is -0.462 e. The monoisotopic (exact) mass is 891 g/mol. The van der Waals surface area contributed by atoms with Gasteiger partial charge < -0.3 is 67.8 Å². The van der Waals surface area contributed by atoms with Crippen molar-refractivity contribution >= 4 is 5.97 Å². The van der Waals surface area contributed by atoms with Crippen LogP contribution in [0.2, 0.25) is 0 Å². The van der Waals surface area contributed by atoms with E-state index < -0.39 is 109 Å². The number of carbonyl (C=O) groups is 1. The Kier molecular flexibility index (Phi) is 15.5. The number of aliphatic hydroxyl groups excluding tert-OH is 3. The summed E-state index contributed by atoms with van der Waals surface area (Å²) >= 11 is 0. The molecule has 63 heavy (non-hydrogen) atoms. The van der Waals surface area contributed by atoms with E-state index in [0.717, 1.165) is 12.0 Å². The molecule has 0 aromatic rings. The molecule has 7 rings (SSSR count). The molecule has 2 bridgehead atoms. The van der Waals surface area contributed by atoms with E-state index in [1.54, 1.807) is 40.2 Å². The standard InChI is InChI=1S/C48H74O15/c1-11-24(2)43-28(6)35(49)22-47(63-43)21-33-18-32(62-47)16-15-26(4)42(25(3)13-12-14-31-23-56-45-40(50)27(5)17-34(46(52)59-33)48(31,45)53)60-39-20-37(55-10)44(30(8)58-39)61-38-19-36(54-9)41(51)29(7)57-38/h12-15,17,24-25,28-30,32-45,49-51,53H,11,16,18-23H2,1-10H3/b13-12+,26-15+,31-14+/t24-,25-,28-,29-,30-,32+,33-,34-,35-,36-,37-,38-,39+,40+,41-,42+,43+,44-,45+,47-,48+/m0/s1. The van der Waals surface area contributed by atoms with E-state index in [9.17, 15) is 25.2 Å². The van der Waals surface area contributed by atoms with Gasteiger partial charge in [0.25, 0.3) is 0 Å². The van der Waals surface area contributed by atoms with Crippen LogP contribution in [0.3, 0.4) is 0 Å². The number of hydrogen-bond acceptors (Lipinski definition) is 15. The molecule has 1 spiro atoms. The van der Waals surface area contributed by atoms with Gasteiger partial charge in [0.15, 0.2) is 18.4 Å². The van der Waals surface area contributed by atoms with Gasteiger partial charge >= 0.3 is 5.97 Å². The van der Waals surface area contributed by atoms with Gasteiger partial charge in [-0.3, -0.25) is 4.79 Å². The number of allylic oxidation sites excluding steroid dienone is 2. The van der Waals surface area contributed by atoms with Crippen molar-refractivity contribution in [3.63, 3.8) is 0 Å². The number of aliphatic hydroxyl groups is 4. The Bertz CT molecular complexity index is 1710. The Morgan fingerprint density at radius 1 is 0.889 bits per heavy atom. The molecule has 0 saturated carbocycles. The molecular formula is C48H74O15. The third kappa shape index (κ3) is 9.98. The zero-order valence-electron chi connectivity index (χ0n) is 38.8. The van der Waals surface area contributed by atoms with E-state index in [2.05, 4.69) is 19.9 Å². The van der Waals surface area contributed by atoms with Gasteiger partial charge in [-0.2, -0.15) is 0 Å². The number of methoxy groups -OCH3 is 2. The summed E-state index contributed by atoms with van der Waals surface area (Å²) in [7, 11) is 3.20. The number of esters is 1. The largest absolute Gasteiger partial charge is 0.462 e. The van der Waals surface area contributed by atoms with Crippen molar-refractivity contribution in [2.24, 2.45) is 23.7 Å². The molecule has 0 radical (unpaired) electrons. The SMILES string of the molecule is CC[C@H](C)[C@H]1O[C@@]2(C[C@@H]3C[C@@H](C/C=C(\C)[C@H](O[C@@H]4C[C@H](OC)[C@@H](O[C@H]5C[C@H](OC)[C@@H](O)[C@H](C)O5)[C@H](C)O4)[C@@H](C)/C=C/C=C4\CO[C@@H]5[C@H](O)C(C)=C[C@@H](C(=O)O3)[C@]45O)O2)C[C@H](O)[C@@H]1C. The Hall–Kier alpha value is -2.09. The fraction of sp³-hybridized carbons (Fsp3) is 0.812. The summed E-state index contributed by atoms with van der Waals surface area (Å²) < 4.78 is 63.6. The van der Waals surface area contributed by atoms with Crippen molar-refractivity contribution in [3.05, 3.63) is 47.1 Å². The van der Waals surface area contributed by atoms with Crippen LogP contribution in [0.25, 0.3) is 0 Å². The minimum atomic E-state index is -1.87. The lowest BCUT2D eigenvalue weighted by Gasteiger charge is -2.52. The molecule has 7 aliphatic rings. The lowest BCUT2D eigenvalue weighted by Crippen LogP contribution is -2.60. The molecule has 6 heterocycles. The predicted molar refractivity (Wildman–Crippen MR) is 229 cm³/mol. The van der Waals surface area contributed by atoms with E-state index in [1.165, 1.54) is 0 Å². The van der Waals surface area contributed by atoms with Gasteiger partial charge in [0.1, 0.15) is 42.0 Å². The van der Waals surface area contributed by atoms with Crippen LogP contribution in [0.4, 0.5) is 0 Å². The average molecular weight is 891 g/mol. The quantitative estimate of drug-likeness (QED) is 0.196. The fourth-order valence-corrected chi connectivity index (χ4v) is 11.0. The minimum absolute atomic E-state index is 0.0109. The van der Waals surface area contributed by atoms with Crippen molar-refractivity contribution in [2.45, 2.75) is 204 Å². The van der Waals surface area contributed by atoms with Crippen LogP contribution < -0.4 is 0 Å². The molecule has 6 aliphatic heterocycles. The highest BCUT2D eigenvalue weighted by Gasteiger charge is 2.60. The number of rotatable bonds is 8. The lowest BCUT2D eigenvalue weighted by atomic mass is 9.71. The van der Waals surface area contributed by atoms with E-state index in [0.29, 0.717) is 36.8 Å². The lowest BCUT2D eigenvalue weighted by molar-refractivity contribution is -0.354. The van der Waals surface area contributed by atoms with E-state index in [4.69, 9.17) is 47.4 Å². The van der Waals surface area contributed by atoms with E-state index in [1.807, 2.05) is 39.8 Å². The Morgan fingerprint density at radius 2 is 1.59 bits per heavy atom. The van der Waals surface area contributed by atoms with Crippen LogP contribution in [0.1, 0.15) is 100 Å². The second-order valence-electron chi connectivity index (χ2n) is 19.5. The average Bonchev–Trinajstić information content (AvgIpc) is 3.59. The second kappa shape index (κ2) is 20.0.